The first-order valence-electron chi connectivity index (χ1n) is 8.50. The van der Waals surface area contributed by atoms with E-state index in [1.54, 1.807) is 37.3 Å². The fourth-order valence-electron chi connectivity index (χ4n) is 2.70. The molecule has 0 saturated carbocycles. The SMILES string of the molecule is COc1ccc(C(C)=O)cc1CC(=O)N(C)Cc1ccc(N(C)C)cc1. The number of carbonyl (C=O) groups is 2. The molecule has 5 heteroatoms. The normalized spacial score (nSPS) is 10.3. The number of rotatable bonds is 7. The van der Waals surface area contributed by atoms with Crippen molar-refractivity contribution in [2.45, 2.75) is 19.9 Å². The minimum absolute atomic E-state index is 0.0271. The minimum Gasteiger partial charge on any atom is -0.496 e. The molecule has 138 valence electrons. The Hall–Kier alpha value is -2.82. The smallest absolute Gasteiger partial charge is 0.227 e. The highest BCUT2D eigenvalue weighted by atomic mass is 16.5. The highest BCUT2D eigenvalue weighted by molar-refractivity contribution is 5.94. The maximum atomic E-state index is 12.6. The number of ether oxygens (including phenoxy) is 1. The number of methoxy groups -OCH3 is 1. The first-order valence-corrected chi connectivity index (χ1v) is 8.50. The van der Waals surface area contributed by atoms with Gasteiger partial charge in [-0.25, -0.2) is 0 Å². The summed E-state index contributed by atoms with van der Waals surface area (Å²) >= 11 is 0. The lowest BCUT2D eigenvalue weighted by molar-refractivity contribution is -0.129. The lowest BCUT2D eigenvalue weighted by Crippen LogP contribution is -2.28. The molecule has 2 aromatic rings. The van der Waals surface area contributed by atoms with Crippen molar-refractivity contribution < 1.29 is 14.3 Å². The Labute approximate surface area is 155 Å². The van der Waals surface area contributed by atoms with Crippen molar-refractivity contribution in [3.8, 4) is 5.75 Å². The van der Waals surface area contributed by atoms with E-state index in [0.717, 1.165) is 16.8 Å². The van der Waals surface area contributed by atoms with Gasteiger partial charge < -0.3 is 14.5 Å². The van der Waals surface area contributed by atoms with E-state index >= 15 is 0 Å². The van der Waals surface area contributed by atoms with Crippen molar-refractivity contribution in [2.24, 2.45) is 0 Å². The van der Waals surface area contributed by atoms with E-state index in [1.165, 1.54) is 6.92 Å². The number of ketones is 1. The van der Waals surface area contributed by atoms with Crippen LogP contribution in [0.4, 0.5) is 5.69 Å². The molecule has 1 amide bonds. The molecule has 0 N–H and O–H groups in total. The number of amides is 1. The average Bonchev–Trinajstić information content (AvgIpc) is 2.61. The molecule has 0 radical (unpaired) electrons. The highest BCUT2D eigenvalue weighted by Crippen LogP contribution is 2.22. The second-order valence-corrected chi connectivity index (χ2v) is 6.57. The molecule has 5 nitrogen and oxygen atoms in total. The summed E-state index contributed by atoms with van der Waals surface area (Å²) in [6.45, 7) is 2.04. The molecule has 0 atom stereocenters. The van der Waals surface area contributed by atoms with Gasteiger partial charge in [0.05, 0.1) is 13.5 Å². The maximum absolute atomic E-state index is 12.6. The molecule has 0 aliphatic rings. The standard InChI is InChI=1S/C21H26N2O3/c1-15(24)17-8-11-20(26-5)18(12-17)13-21(25)23(4)14-16-6-9-19(10-7-16)22(2)3/h6-12H,13-14H2,1-5H3. The van der Waals surface area contributed by atoms with E-state index in [0.29, 0.717) is 17.9 Å². The van der Waals surface area contributed by atoms with Crippen molar-refractivity contribution in [3.63, 3.8) is 0 Å². The van der Waals surface area contributed by atoms with Gasteiger partial charge in [0.15, 0.2) is 5.78 Å². The van der Waals surface area contributed by atoms with Gasteiger partial charge in [0.1, 0.15) is 5.75 Å². The van der Waals surface area contributed by atoms with Crippen molar-refractivity contribution in [2.75, 3.05) is 33.2 Å². The number of benzene rings is 2. The zero-order valence-electron chi connectivity index (χ0n) is 16.1. The van der Waals surface area contributed by atoms with Gasteiger partial charge >= 0.3 is 0 Å². The molecule has 0 fully saturated rings. The molecular weight excluding hydrogens is 328 g/mol. The molecule has 0 aliphatic heterocycles. The van der Waals surface area contributed by atoms with E-state index in [1.807, 2.05) is 43.3 Å². The van der Waals surface area contributed by atoms with E-state index in [4.69, 9.17) is 4.74 Å². The van der Waals surface area contributed by atoms with Crippen LogP contribution in [0.15, 0.2) is 42.5 Å². The largest absolute Gasteiger partial charge is 0.496 e. The summed E-state index contributed by atoms with van der Waals surface area (Å²) < 4.78 is 5.33. The molecular formula is C21H26N2O3. The summed E-state index contributed by atoms with van der Waals surface area (Å²) in [6, 6.07) is 13.3. The fourth-order valence-corrected chi connectivity index (χ4v) is 2.70. The maximum Gasteiger partial charge on any atom is 0.227 e. The molecule has 0 unspecified atom stereocenters. The second kappa shape index (κ2) is 8.52. The first kappa shape index (κ1) is 19.5. The number of anilines is 1. The zero-order chi connectivity index (χ0) is 19.3. The highest BCUT2D eigenvalue weighted by Gasteiger charge is 2.15. The van der Waals surface area contributed by atoms with E-state index < -0.39 is 0 Å². The number of carbonyl (C=O) groups excluding carboxylic acids is 2. The van der Waals surface area contributed by atoms with E-state index in [-0.39, 0.29) is 18.1 Å². The Kier molecular flexibility index (Phi) is 6.39. The van der Waals surface area contributed by atoms with Crippen molar-refractivity contribution in [3.05, 3.63) is 59.2 Å². The van der Waals surface area contributed by atoms with Crippen LogP contribution in [0.3, 0.4) is 0 Å². The molecule has 0 saturated heterocycles. The Bertz CT molecular complexity index is 782. The third-order valence-corrected chi connectivity index (χ3v) is 4.33. The molecule has 26 heavy (non-hydrogen) atoms. The van der Waals surface area contributed by atoms with Crippen LogP contribution in [0.25, 0.3) is 0 Å². The van der Waals surface area contributed by atoms with Gasteiger partial charge in [0.2, 0.25) is 5.91 Å². The lowest BCUT2D eigenvalue weighted by atomic mass is 10.0. The predicted octanol–water partition coefficient (Wildman–Crippen LogP) is 3.16. The molecule has 0 spiro atoms. The summed E-state index contributed by atoms with van der Waals surface area (Å²) in [5.41, 5.74) is 3.49. The number of likely N-dealkylation sites (N-methyl/N-ethyl adjacent to an activating group) is 1. The Morgan fingerprint density at radius 2 is 1.65 bits per heavy atom. The van der Waals surface area contributed by atoms with Crippen LogP contribution in [-0.2, 0) is 17.8 Å². The summed E-state index contributed by atoms with van der Waals surface area (Å²) in [6.07, 6.45) is 0.191. The van der Waals surface area contributed by atoms with Gasteiger partial charge in [-0.1, -0.05) is 12.1 Å². The Morgan fingerprint density at radius 1 is 1.00 bits per heavy atom. The number of Topliss-reactive ketones (excluding diaryl/α,β-unsaturated/α-hetero) is 1. The molecule has 0 aliphatic carbocycles. The van der Waals surface area contributed by atoms with Gasteiger partial charge in [-0.15, -0.1) is 0 Å². The van der Waals surface area contributed by atoms with Crippen LogP contribution in [0.2, 0.25) is 0 Å². The molecule has 0 aromatic heterocycles. The summed E-state index contributed by atoms with van der Waals surface area (Å²) in [5.74, 6) is 0.559. The van der Waals surface area contributed by atoms with Gasteiger partial charge in [-0.3, -0.25) is 9.59 Å². The Morgan fingerprint density at radius 3 is 2.19 bits per heavy atom. The van der Waals surface area contributed by atoms with Crippen molar-refractivity contribution >= 4 is 17.4 Å². The number of hydrogen-bond donors (Lipinski definition) is 0. The van der Waals surface area contributed by atoms with E-state index in [9.17, 15) is 9.59 Å². The second-order valence-electron chi connectivity index (χ2n) is 6.57. The minimum atomic E-state index is -0.0318. The fraction of sp³-hybridized carbons (Fsp3) is 0.333. The van der Waals surface area contributed by atoms with Crippen LogP contribution >= 0.6 is 0 Å². The Balaban J connectivity index is 2.09. The third-order valence-electron chi connectivity index (χ3n) is 4.33. The van der Waals surface area contributed by atoms with Crippen LogP contribution in [0, 0.1) is 0 Å². The van der Waals surface area contributed by atoms with Gasteiger partial charge in [0.25, 0.3) is 0 Å². The van der Waals surface area contributed by atoms with Crippen LogP contribution in [-0.4, -0.2) is 44.8 Å². The molecule has 0 heterocycles. The van der Waals surface area contributed by atoms with Gasteiger partial charge in [-0.05, 0) is 42.8 Å². The first-order chi connectivity index (χ1) is 12.3. The van der Waals surface area contributed by atoms with Gasteiger partial charge in [-0.2, -0.15) is 0 Å². The van der Waals surface area contributed by atoms with Crippen LogP contribution in [0.1, 0.15) is 28.4 Å². The van der Waals surface area contributed by atoms with Crippen LogP contribution < -0.4 is 9.64 Å². The quantitative estimate of drug-likeness (QED) is 0.717. The average molecular weight is 354 g/mol. The van der Waals surface area contributed by atoms with Crippen molar-refractivity contribution in [1.29, 1.82) is 0 Å². The third kappa shape index (κ3) is 4.85. The molecule has 0 bridgehead atoms. The number of hydrogen-bond acceptors (Lipinski definition) is 4. The van der Waals surface area contributed by atoms with Gasteiger partial charge in [0, 0.05) is 44.5 Å². The summed E-state index contributed by atoms with van der Waals surface area (Å²) in [5, 5.41) is 0. The topological polar surface area (TPSA) is 49.9 Å². The zero-order valence-corrected chi connectivity index (χ0v) is 16.1. The summed E-state index contributed by atoms with van der Waals surface area (Å²) in [7, 11) is 7.33. The summed E-state index contributed by atoms with van der Waals surface area (Å²) in [4.78, 5) is 27.9. The lowest BCUT2D eigenvalue weighted by Gasteiger charge is -2.19. The predicted molar refractivity (Wildman–Crippen MR) is 104 cm³/mol. The molecule has 2 aromatic carbocycles. The van der Waals surface area contributed by atoms with Crippen LogP contribution in [0.5, 0.6) is 5.75 Å². The van der Waals surface area contributed by atoms with E-state index in [2.05, 4.69) is 0 Å². The number of nitrogens with zero attached hydrogens (tertiary/aromatic N) is 2. The molecule has 2 rings (SSSR count). The monoisotopic (exact) mass is 354 g/mol. The van der Waals surface area contributed by atoms with Crippen molar-refractivity contribution in [1.82, 2.24) is 4.90 Å².